The van der Waals surface area contributed by atoms with Crippen molar-refractivity contribution in [1.29, 1.82) is 5.26 Å². The minimum atomic E-state index is -3.78. The molecule has 0 fully saturated rings. The van der Waals surface area contributed by atoms with Crippen molar-refractivity contribution in [3.8, 4) is 6.07 Å². The molecule has 1 aliphatic heterocycles. The van der Waals surface area contributed by atoms with Gasteiger partial charge in [-0.3, -0.25) is 9.10 Å². The van der Waals surface area contributed by atoms with Crippen LogP contribution >= 0.6 is 11.3 Å². The molecular formula is C17H11N3O3S2. The molecule has 0 atom stereocenters. The fourth-order valence-corrected chi connectivity index (χ4v) is 5.34. The number of thiophene rings is 1. The summed E-state index contributed by atoms with van der Waals surface area (Å²) in [5, 5.41) is 15.2. The molecule has 0 spiro atoms. The van der Waals surface area contributed by atoms with Gasteiger partial charge in [0.25, 0.3) is 10.0 Å². The lowest BCUT2D eigenvalue weighted by molar-refractivity contribution is -0.114. The molecule has 2 heterocycles. The minimum Gasteiger partial charge on any atom is -0.315 e. The number of carbonyl (C=O) groups excluding carboxylic acids is 1. The Morgan fingerprint density at radius 1 is 1.20 bits per heavy atom. The number of benzene rings is 2. The molecule has 2 aromatic carbocycles. The first-order valence-corrected chi connectivity index (χ1v) is 9.66. The summed E-state index contributed by atoms with van der Waals surface area (Å²) in [6.45, 7) is -0.348. The number of nitrogens with one attached hydrogen (secondary N) is 1. The van der Waals surface area contributed by atoms with Crippen molar-refractivity contribution in [3.05, 3.63) is 53.4 Å². The normalized spacial score (nSPS) is 14.4. The second kappa shape index (κ2) is 5.58. The van der Waals surface area contributed by atoms with E-state index >= 15 is 0 Å². The van der Waals surface area contributed by atoms with Crippen molar-refractivity contribution >= 4 is 48.7 Å². The van der Waals surface area contributed by atoms with Crippen molar-refractivity contribution in [2.45, 2.75) is 4.90 Å². The molecule has 3 aromatic rings. The van der Waals surface area contributed by atoms with Crippen LogP contribution in [0.5, 0.6) is 0 Å². The summed E-state index contributed by atoms with van der Waals surface area (Å²) < 4.78 is 26.8. The number of nitriles is 1. The molecule has 0 saturated carbocycles. The Labute approximate surface area is 148 Å². The smallest absolute Gasteiger partial charge is 0.265 e. The van der Waals surface area contributed by atoms with Crippen molar-refractivity contribution in [2.75, 3.05) is 16.2 Å². The quantitative estimate of drug-likeness (QED) is 0.768. The third kappa shape index (κ3) is 2.36. The number of nitrogens with zero attached hydrogens (tertiary/aromatic N) is 2. The van der Waals surface area contributed by atoms with E-state index in [4.69, 9.17) is 5.26 Å². The zero-order chi connectivity index (χ0) is 17.6. The molecule has 124 valence electrons. The van der Waals surface area contributed by atoms with Gasteiger partial charge in [0, 0.05) is 5.39 Å². The SMILES string of the molecule is N#Cc1ccsc1NC(=O)CN1c2cccc3cccc(c23)S1(=O)=O. The molecule has 1 aliphatic rings. The van der Waals surface area contributed by atoms with E-state index in [2.05, 4.69) is 5.32 Å². The van der Waals surface area contributed by atoms with Gasteiger partial charge in [0.05, 0.1) is 16.1 Å². The Bertz CT molecular complexity index is 1150. The van der Waals surface area contributed by atoms with Crippen LogP contribution in [-0.2, 0) is 14.8 Å². The van der Waals surface area contributed by atoms with Crippen molar-refractivity contribution in [3.63, 3.8) is 0 Å². The molecule has 0 saturated heterocycles. The van der Waals surface area contributed by atoms with Crippen molar-refractivity contribution in [2.24, 2.45) is 0 Å². The van der Waals surface area contributed by atoms with Crippen LogP contribution in [0.25, 0.3) is 10.8 Å². The molecule has 4 rings (SSSR count). The van der Waals surface area contributed by atoms with Gasteiger partial charge in [-0.2, -0.15) is 5.26 Å². The molecule has 0 bridgehead atoms. The molecule has 1 N–H and O–H groups in total. The summed E-state index contributed by atoms with van der Waals surface area (Å²) in [7, 11) is -3.78. The Hall–Kier alpha value is -2.89. The molecule has 6 nitrogen and oxygen atoms in total. The van der Waals surface area contributed by atoms with Gasteiger partial charge in [-0.25, -0.2) is 8.42 Å². The van der Waals surface area contributed by atoms with Gasteiger partial charge in [-0.15, -0.1) is 11.3 Å². The first-order valence-electron chi connectivity index (χ1n) is 7.34. The van der Waals surface area contributed by atoms with Gasteiger partial charge in [0.2, 0.25) is 5.91 Å². The highest BCUT2D eigenvalue weighted by Gasteiger charge is 2.36. The highest BCUT2D eigenvalue weighted by atomic mass is 32.2. The maximum absolute atomic E-state index is 12.8. The molecule has 0 aliphatic carbocycles. The van der Waals surface area contributed by atoms with Crippen molar-refractivity contribution < 1.29 is 13.2 Å². The Balaban J connectivity index is 1.69. The minimum absolute atomic E-state index is 0.210. The van der Waals surface area contributed by atoms with Gasteiger partial charge in [-0.05, 0) is 29.0 Å². The first-order chi connectivity index (χ1) is 12.0. The maximum atomic E-state index is 12.8. The molecule has 0 radical (unpaired) electrons. The highest BCUT2D eigenvalue weighted by Crippen LogP contribution is 2.41. The molecule has 1 aromatic heterocycles. The molecule has 1 amide bonds. The van der Waals surface area contributed by atoms with Gasteiger partial charge >= 0.3 is 0 Å². The summed E-state index contributed by atoms with van der Waals surface area (Å²) in [6.07, 6.45) is 0. The Morgan fingerprint density at radius 2 is 1.96 bits per heavy atom. The summed E-state index contributed by atoms with van der Waals surface area (Å²) in [5.41, 5.74) is 0.850. The number of carbonyl (C=O) groups is 1. The summed E-state index contributed by atoms with van der Waals surface area (Å²) in [4.78, 5) is 12.6. The van der Waals surface area contributed by atoms with Gasteiger partial charge in [0.1, 0.15) is 17.6 Å². The molecule has 25 heavy (non-hydrogen) atoms. The first kappa shape index (κ1) is 15.6. The van der Waals surface area contributed by atoms with Crippen molar-refractivity contribution in [1.82, 2.24) is 0 Å². The Kier molecular flexibility index (Phi) is 3.49. The van der Waals surface area contributed by atoms with Gasteiger partial charge < -0.3 is 5.32 Å². The molecule has 8 heteroatoms. The van der Waals surface area contributed by atoms with E-state index in [1.165, 1.54) is 11.3 Å². The monoisotopic (exact) mass is 369 g/mol. The number of anilines is 2. The third-order valence-corrected chi connectivity index (χ3v) is 6.64. The summed E-state index contributed by atoms with van der Waals surface area (Å²) in [6, 6.07) is 14.0. The van der Waals surface area contributed by atoms with Gasteiger partial charge in [0.15, 0.2) is 0 Å². The van der Waals surface area contributed by atoms with E-state index in [-0.39, 0.29) is 11.4 Å². The van der Waals surface area contributed by atoms with Crippen LogP contribution in [-0.4, -0.2) is 20.9 Å². The standard InChI is InChI=1S/C17H11N3O3S2/c18-9-12-7-8-24-17(12)19-15(21)10-20-13-5-1-3-11-4-2-6-14(16(11)13)25(20,22)23/h1-8H,10H2,(H,19,21). The van der Waals surface area contributed by atoms with Crippen LogP contribution in [0.4, 0.5) is 10.7 Å². The average molecular weight is 369 g/mol. The van der Waals surface area contributed by atoms with Crippen LogP contribution in [0.3, 0.4) is 0 Å². The fourth-order valence-electron chi connectivity index (χ4n) is 2.92. The van der Waals surface area contributed by atoms with Crippen LogP contribution < -0.4 is 9.62 Å². The number of hydrogen-bond acceptors (Lipinski definition) is 5. The van der Waals surface area contributed by atoms with Gasteiger partial charge in [-0.1, -0.05) is 24.3 Å². The second-order valence-corrected chi connectivity index (χ2v) is 8.21. The fraction of sp³-hybridized carbons (Fsp3) is 0.0588. The van der Waals surface area contributed by atoms with Crippen LogP contribution in [0.1, 0.15) is 5.56 Å². The zero-order valence-corrected chi connectivity index (χ0v) is 14.4. The average Bonchev–Trinajstić information content (AvgIpc) is 3.13. The lowest BCUT2D eigenvalue weighted by Crippen LogP contribution is -2.35. The summed E-state index contributed by atoms with van der Waals surface area (Å²) in [5.74, 6) is -0.493. The van der Waals surface area contributed by atoms with E-state index in [0.29, 0.717) is 21.6 Å². The largest absolute Gasteiger partial charge is 0.315 e. The number of rotatable bonds is 3. The number of amides is 1. The summed E-state index contributed by atoms with van der Waals surface area (Å²) >= 11 is 1.22. The Morgan fingerprint density at radius 3 is 2.72 bits per heavy atom. The maximum Gasteiger partial charge on any atom is 0.265 e. The molecular weight excluding hydrogens is 358 g/mol. The topological polar surface area (TPSA) is 90.3 Å². The molecule has 0 unspecified atom stereocenters. The van der Waals surface area contributed by atoms with E-state index in [0.717, 1.165) is 9.69 Å². The lowest BCUT2D eigenvalue weighted by atomic mass is 10.1. The number of hydrogen-bond donors (Lipinski definition) is 1. The number of sulfonamides is 1. The second-order valence-electron chi connectivity index (χ2n) is 5.47. The van der Waals surface area contributed by atoms with Crippen LogP contribution in [0.2, 0.25) is 0 Å². The van der Waals surface area contributed by atoms with E-state index in [9.17, 15) is 13.2 Å². The predicted molar refractivity (Wildman–Crippen MR) is 96.1 cm³/mol. The predicted octanol–water partition coefficient (Wildman–Crippen LogP) is 2.92. The zero-order valence-electron chi connectivity index (χ0n) is 12.8. The third-order valence-electron chi connectivity index (χ3n) is 4.01. The highest BCUT2D eigenvalue weighted by molar-refractivity contribution is 7.93. The lowest BCUT2D eigenvalue weighted by Gasteiger charge is -2.18. The van der Waals surface area contributed by atoms with E-state index in [1.807, 2.05) is 18.2 Å². The van der Waals surface area contributed by atoms with E-state index < -0.39 is 15.9 Å². The van der Waals surface area contributed by atoms with Crippen LogP contribution in [0.15, 0.2) is 52.7 Å². The van der Waals surface area contributed by atoms with E-state index in [1.54, 1.807) is 35.7 Å². The van der Waals surface area contributed by atoms with Crippen LogP contribution in [0, 0.1) is 11.3 Å².